The van der Waals surface area contributed by atoms with Crippen molar-refractivity contribution in [1.82, 2.24) is 10.6 Å². The molecule has 0 unspecified atom stereocenters. The zero-order valence-electron chi connectivity index (χ0n) is 12.7. The number of hydrogen-bond acceptors (Lipinski definition) is 5. The summed E-state index contributed by atoms with van der Waals surface area (Å²) in [7, 11) is 4.41. The Balaban J connectivity index is 2.75. The molecule has 0 aromatic heterocycles. The second kappa shape index (κ2) is 8.73. The molecule has 0 aliphatic rings. The Bertz CT molecular complexity index is 520. The molecule has 1 aromatic rings. The first-order chi connectivity index (χ1) is 10.5. The fourth-order valence-corrected chi connectivity index (χ4v) is 1.90. The molecular formula is C14H20N2O6. The van der Waals surface area contributed by atoms with Gasteiger partial charge < -0.3 is 30.0 Å². The molecule has 22 heavy (non-hydrogen) atoms. The van der Waals surface area contributed by atoms with Crippen LogP contribution in [0, 0.1) is 0 Å². The second-order valence-electron chi connectivity index (χ2n) is 4.33. The monoisotopic (exact) mass is 312 g/mol. The molecule has 8 nitrogen and oxygen atoms in total. The van der Waals surface area contributed by atoms with E-state index in [1.165, 1.54) is 21.3 Å². The van der Waals surface area contributed by atoms with Crippen LogP contribution < -0.4 is 20.1 Å². The van der Waals surface area contributed by atoms with Crippen molar-refractivity contribution in [2.75, 3.05) is 27.9 Å². The molecule has 0 saturated heterocycles. The van der Waals surface area contributed by atoms with Gasteiger partial charge in [0.2, 0.25) is 5.91 Å². The zero-order valence-corrected chi connectivity index (χ0v) is 12.7. The molecule has 1 atom stereocenters. The van der Waals surface area contributed by atoms with E-state index in [-0.39, 0.29) is 13.2 Å². The van der Waals surface area contributed by atoms with Crippen molar-refractivity contribution in [3.05, 3.63) is 23.8 Å². The van der Waals surface area contributed by atoms with Crippen molar-refractivity contribution >= 4 is 12.0 Å². The predicted octanol–water partition coefficient (Wildman–Crippen LogP) is 0.603. The number of rotatable bonds is 8. The average molecular weight is 312 g/mol. The minimum atomic E-state index is -1.30. The number of nitrogens with one attached hydrogen (secondary N) is 2. The molecule has 2 amide bonds. The Kier molecular flexibility index (Phi) is 6.97. The summed E-state index contributed by atoms with van der Waals surface area (Å²) in [4.78, 5) is 22.7. The third-order valence-corrected chi connectivity index (χ3v) is 2.89. The van der Waals surface area contributed by atoms with Crippen LogP contribution in [0.15, 0.2) is 18.2 Å². The van der Waals surface area contributed by atoms with Crippen LogP contribution in [0.5, 0.6) is 11.5 Å². The van der Waals surface area contributed by atoms with E-state index in [1.807, 2.05) is 0 Å². The quantitative estimate of drug-likeness (QED) is 0.649. The number of carboxylic acid groups (broad SMARTS) is 1. The van der Waals surface area contributed by atoms with Gasteiger partial charge in [-0.3, -0.25) is 4.79 Å². The lowest BCUT2D eigenvalue weighted by Crippen LogP contribution is -2.48. The Morgan fingerprint density at radius 1 is 1.23 bits per heavy atom. The summed E-state index contributed by atoms with van der Waals surface area (Å²) in [6, 6.07) is 4.30. The van der Waals surface area contributed by atoms with Crippen molar-refractivity contribution in [2.24, 2.45) is 0 Å². The molecule has 0 spiro atoms. The molecule has 3 N–H and O–H groups in total. The highest BCUT2D eigenvalue weighted by atomic mass is 16.5. The minimum Gasteiger partial charge on any atom is -0.493 e. The van der Waals surface area contributed by atoms with Crippen molar-refractivity contribution in [3.63, 3.8) is 0 Å². The first-order valence-corrected chi connectivity index (χ1v) is 6.49. The van der Waals surface area contributed by atoms with E-state index in [1.54, 1.807) is 18.2 Å². The largest absolute Gasteiger partial charge is 0.493 e. The molecule has 0 saturated carbocycles. The van der Waals surface area contributed by atoms with Gasteiger partial charge >= 0.3 is 6.09 Å². The molecule has 0 aliphatic carbocycles. The third-order valence-electron chi connectivity index (χ3n) is 2.89. The molecule has 0 heterocycles. The molecule has 122 valence electrons. The van der Waals surface area contributed by atoms with Gasteiger partial charge in [0.1, 0.15) is 6.04 Å². The van der Waals surface area contributed by atoms with Crippen LogP contribution in [0.4, 0.5) is 4.79 Å². The Hall–Kier alpha value is -2.48. The number of carbonyl (C=O) groups excluding carboxylic acids is 1. The SMILES string of the molecule is COC[C@H](NC(=O)O)C(=O)NCc1cccc(OC)c1OC. The highest BCUT2D eigenvalue weighted by Gasteiger charge is 2.20. The van der Waals surface area contributed by atoms with Gasteiger partial charge in [-0.25, -0.2) is 4.79 Å². The summed E-state index contributed by atoms with van der Waals surface area (Å²) >= 11 is 0. The molecule has 1 aromatic carbocycles. The lowest BCUT2D eigenvalue weighted by atomic mass is 10.1. The summed E-state index contributed by atoms with van der Waals surface area (Å²) in [6.07, 6.45) is -1.30. The van der Waals surface area contributed by atoms with Gasteiger partial charge in [0.25, 0.3) is 0 Å². The standard InChI is InChI=1S/C14H20N2O6/c1-20-8-10(16-14(18)19)13(17)15-7-9-5-4-6-11(21-2)12(9)22-3/h4-6,10,16H,7-8H2,1-3H3,(H,15,17)(H,18,19)/t10-/m0/s1. The summed E-state index contributed by atoms with van der Waals surface area (Å²) in [6.45, 7) is 0.105. The van der Waals surface area contributed by atoms with Crippen LogP contribution in [-0.2, 0) is 16.1 Å². The molecule has 0 aliphatic heterocycles. The average Bonchev–Trinajstić information content (AvgIpc) is 2.51. The van der Waals surface area contributed by atoms with Crippen LogP contribution >= 0.6 is 0 Å². The van der Waals surface area contributed by atoms with Gasteiger partial charge in [0, 0.05) is 19.2 Å². The summed E-state index contributed by atoms with van der Waals surface area (Å²) in [5, 5.41) is 13.4. The van der Waals surface area contributed by atoms with Crippen molar-refractivity contribution in [1.29, 1.82) is 0 Å². The normalized spacial score (nSPS) is 11.4. The van der Waals surface area contributed by atoms with Gasteiger partial charge in [-0.15, -0.1) is 0 Å². The molecular weight excluding hydrogens is 292 g/mol. The van der Waals surface area contributed by atoms with Crippen molar-refractivity contribution in [3.8, 4) is 11.5 Å². The Morgan fingerprint density at radius 3 is 2.50 bits per heavy atom. The first-order valence-electron chi connectivity index (χ1n) is 6.49. The smallest absolute Gasteiger partial charge is 0.405 e. The lowest BCUT2D eigenvalue weighted by Gasteiger charge is -2.17. The van der Waals surface area contributed by atoms with Crippen LogP contribution in [0.2, 0.25) is 0 Å². The van der Waals surface area contributed by atoms with Crippen molar-refractivity contribution in [2.45, 2.75) is 12.6 Å². The molecule has 8 heteroatoms. The topological polar surface area (TPSA) is 106 Å². The van der Waals surface area contributed by atoms with E-state index in [0.29, 0.717) is 17.1 Å². The number of para-hydroxylation sites is 1. The summed E-state index contributed by atoms with van der Waals surface area (Å²) in [5.41, 5.74) is 0.710. The Labute approximate surface area is 128 Å². The Morgan fingerprint density at radius 2 is 1.95 bits per heavy atom. The van der Waals surface area contributed by atoms with E-state index in [9.17, 15) is 9.59 Å². The molecule has 1 rings (SSSR count). The third kappa shape index (κ3) is 4.81. The minimum absolute atomic E-state index is 0.0621. The van der Waals surface area contributed by atoms with E-state index >= 15 is 0 Å². The van der Waals surface area contributed by atoms with Crippen LogP contribution in [-0.4, -0.2) is 51.1 Å². The van der Waals surface area contributed by atoms with E-state index in [2.05, 4.69) is 10.6 Å². The van der Waals surface area contributed by atoms with Gasteiger partial charge in [0.15, 0.2) is 11.5 Å². The maximum absolute atomic E-state index is 12.0. The van der Waals surface area contributed by atoms with Gasteiger partial charge in [-0.1, -0.05) is 12.1 Å². The van der Waals surface area contributed by atoms with Gasteiger partial charge in [-0.05, 0) is 6.07 Å². The fourth-order valence-electron chi connectivity index (χ4n) is 1.90. The number of methoxy groups -OCH3 is 3. The number of amides is 2. The van der Waals surface area contributed by atoms with Crippen LogP contribution in [0.1, 0.15) is 5.56 Å². The van der Waals surface area contributed by atoms with Gasteiger partial charge in [0.05, 0.1) is 20.8 Å². The molecule has 0 bridgehead atoms. The number of ether oxygens (including phenoxy) is 3. The van der Waals surface area contributed by atoms with Crippen LogP contribution in [0.3, 0.4) is 0 Å². The summed E-state index contributed by atoms with van der Waals surface area (Å²) < 4.78 is 15.3. The predicted molar refractivity (Wildman–Crippen MR) is 78.2 cm³/mol. The van der Waals surface area contributed by atoms with E-state index < -0.39 is 18.0 Å². The summed E-state index contributed by atoms with van der Waals surface area (Å²) in [5.74, 6) is 0.570. The van der Waals surface area contributed by atoms with Gasteiger partial charge in [-0.2, -0.15) is 0 Å². The highest BCUT2D eigenvalue weighted by Crippen LogP contribution is 2.30. The first kappa shape index (κ1) is 17.6. The number of benzene rings is 1. The molecule has 0 radical (unpaired) electrons. The zero-order chi connectivity index (χ0) is 16.5. The van der Waals surface area contributed by atoms with Crippen molar-refractivity contribution < 1.29 is 28.9 Å². The highest BCUT2D eigenvalue weighted by molar-refractivity contribution is 5.85. The van der Waals surface area contributed by atoms with Crippen LogP contribution in [0.25, 0.3) is 0 Å². The van der Waals surface area contributed by atoms with E-state index in [4.69, 9.17) is 19.3 Å². The second-order valence-corrected chi connectivity index (χ2v) is 4.33. The molecule has 0 fully saturated rings. The maximum Gasteiger partial charge on any atom is 0.405 e. The maximum atomic E-state index is 12.0. The lowest BCUT2D eigenvalue weighted by molar-refractivity contribution is -0.124. The van der Waals surface area contributed by atoms with E-state index in [0.717, 1.165) is 0 Å². The number of hydrogen-bond donors (Lipinski definition) is 3. The fraction of sp³-hybridized carbons (Fsp3) is 0.429. The number of carbonyl (C=O) groups is 2.